The van der Waals surface area contributed by atoms with Crippen molar-refractivity contribution in [2.45, 2.75) is 6.10 Å². The van der Waals surface area contributed by atoms with E-state index in [9.17, 15) is 14.3 Å². The lowest BCUT2D eigenvalue weighted by molar-refractivity contribution is 0.0916. The molecule has 6 heteroatoms. The molecule has 0 spiro atoms. The Morgan fingerprint density at radius 2 is 1.88 bits per heavy atom. The third-order valence-electron chi connectivity index (χ3n) is 3.64. The number of amides is 1. The van der Waals surface area contributed by atoms with E-state index in [-0.39, 0.29) is 18.3 Å². The summed E-state index contributed by atoms with van der Waals surface area (Å²) in [4.78, 5) is 16.1. The summed E-state index contributed by atoms with van der Waals surface area (Å²) in [6, 6.07) is 12.6. The highest BCUT2D eigenvalue weighted by molar-refractivity contribution is 5.94. The minimum atomic E-state index is -0.889. The van der Waals surface area contributed by atoms with Gasteiger partial charge in [0.15, 0.2) is 0 Å². The zero-order valence-corrected chi connectivity index (χ0v) is 12.8. The highest BCUT2D eigenvalue weighted by Gasteiger charge is 2.11. The zero-order valence-electron chi connectivity index (χ0n) is 12.8. The first-order valence-corrected chi connectivity index (χ1v) is 7.43. The van der Waals surface area contributed by atoms with Gasteiger partial charge >= 0.3 is 0 Å². The predicted octanol–water partition coefficient (Wildman–Crippen LogP) is 2.47. The number of aromatic nitrogens is 2. The fourth-order valence-electron chi connectivity index (χ4n) is 2.29. The van der Waals surface area contributed by atoms with E-state index in [0.29, 0.717) is 11.1 Å². The Morgan fingerprint density at radius 1 is 1.17 bits per heavy atom. The van der Waals surface area contributed by atoms with Crippen LogP contribution in [0.15, 0.2) is 67.3 Å². The molecular weight excluding hydrogens is 309 g/mol. The molecule has 0 radical (unpaired) electrons. The first-order chi connectivity index (χ1) is 11.6. The molecule has 24 heavy (non-hydrogen) atoms. The van der Waals surface area contributed by atoms with Crippen LogP contribution in [-0.4, -0.2) is 27.1 Å². The fraction of sp³-hybridized carbons (Fsp3) is 0.111. The van der Waals surface area contributed by atoms with E-state index < -0.39 is 6.10 Å². The molecule has 2 N–H and O–H groups in total. The lowest BCUT2D eigenvalue weighted by atomic mass is 10.1. The van der Waals surface area contributed by atoms with E-state index in [0.717, 1.165) is 5.69 Å². The number of benzene rings is 2. The number of halogens is 1. The van der Waals surface area contributed by atoms with Crippen LogP contribution in [-0.2, 0) is 0 Å². The summed E-state index contributed by atoms with van der Waals surface area (Å²) in [5.74, 6) is -0.652. The van der Waals surface area contributed by atoms with Crippen molar-refractivity contribution < 1.29 is 14.3 Å². The summed E-state index contributed by atoms with van der Waals surface area (Å²) in [6.45, 7) is 0.0493. The Balaban J connectivity index is 1.59. The Kier molecular flexibility index (Phi) is 4.67. The van der Waals surface area contributed by atoms with Crippen molar-refractivity contribution in [2.24, 2.45) is 0 Å². The average Bonchev–Trinajstić information content (AvgIpc) is 3.15. The normalized spacial score (nSPS) is 11.9. The maximum absolute atomic E-state index is 12.9. The summed E-state index contributed by atoms with van der Waals surface area (Å²) in [5.41, 5.74) is 1.94. The Labute approximate surface area is 138 Å². The number of carbonyl (C=O) groups is 1. The maximum atomic E-state index is 12.9. The number of imidazole rings is 1. The van der Waals surface area contributed by atoms with Crippen molar-refractivity contribution in [2.75, 3.05) is 6.54 Å². The molecule has 1 heterocycles. The minimum Gasteiger partial charge on any atom is -0.387 e. The second-order valence-corrected chi connectivity index (χ2v) is 5.29. The molecule has 0 aliphatic carbocycles. The summed E-state index contributed by atoms with van der Waals surface area (Å²) >= 11 is 0. The van der Waals surface area contributed by atoms with Gasteiger partial charge < -0.3 is 15.0 Å². The molecule has 3 aromatic rings. The standard InChI is InChI=1S/C18H16FN3O2/c19-15-5-1-13(2-6-15)17(23)11-21-18(24)14-3-7-16(8-4-14)22-10-9-20-12-22/h1-10,12,17,23H,11H2,(H,21,24)/t17-/m1/s1. The van der Waals surface area contributed by atoms with Crippen LogP contribution in [0.3, 0.4) is 0 Å². The number of aliphatic hydroxyl groups is 1. The molecule has 1 amide bonds. The largest absolute Gasteiger partial charge is 0.387 e. The SMILES string of the molecule is O=C(NC[C@@H](O)c1ccc(F)cc1)c1ccc(-n2ccnc2)cc1. The van der Waals surface area contributed by atoms with Crippen LogP contribution in [0.2, 0.25) is 0 Å². The van der Waals surface area contributed by atoms with Crippen LogP contribution in [0, 0.1) is 5.82 Å². The van der Waals surface area contributed by atoms with E-state index in [1.807, 2.05) is 22.9 Å². The summed E-state index contributed by atoms with van der Waals surface area (Å²) < 4.78 is 14.7. The minimum absolute atomic E-state index is 0.0493. The number of hydrogen-bond donors (Lipinski definition) is 2. The molecule has 0 aliphatic rings. The van der Waals surface area contributed by atoms with Crippen molar-refractivity contribution in [3.8, 4) is 5.69 Å². The Hall–Kier alpha value is -2.99. The quantitative estimate of drug-likeness (QED) is 0.757. The maximum Gasteiger partial charge on any atom is 0.251 e. The fourth-order valence-corrected chi connectivity index (χ4v) is 2.29. The Morgan fingerprint density at radius 3 is 2.50 bits per heavy atom. The average molecular weight is 325 g/mol. The monoisotopic (exact) mass is 325 g/mol. The van der Waals surface area contributed by atoms with Gasteiger partial charge in [-0.15, -0.1) is 0 Å². The first kappa shape index (κ1) is 15.9. The van der Waals surface area contributed by atoms with Gasteiger partial charge in [-0.05, 0) is 42.0 Å². The molecule has 5 nitrogen and oxygen atoms in total. The number of carbonyl (C=O) groups excluding carboxylic acids is 1. The van der Waals surface area contributed by atoms with E-state index in [1.165, 1.54) is 24.3 Å². The summed E-state index contributed by atoms with van der Waals surface area (Å²) in [5, 5.41) is 12.7. The molecule has 0 aliphatic heterocycles. The number of nitrogens with one attached hydrogen (secondary N) is 1. The third-order valence-corrected chi connectivity index (χ3v) is 3.64. The molecule has 0 saturated heterocycles. The third kappa shape index (κ3) is 3.67. The van der Waals surface area contributed by atoms with Gasteiger partial charge in [-0.3, -0.25) is 4.79 Å². The van der Waals surface area contributed by atoms with Crippen LogP contribution >= 0.6 is 0 Å². The molecule has 0 unspecified atom stereocenters. The van der Waals surface area contributed by atoms with Gasteiger partial charge in [0, 0.05) is 30.2 Å². The molecule has 0 fully saturated rings. The van der Waals surface area contributed by atoms with Gasteiger partial charge in [0.25, 0.3) is 5.91 Å². The van der Waals surface area contributed by atoms with Crippen molar-refractivity contribution in [3.63, 3.8) is 0 Å². The summed E-state index contributed by atoms with van der Waals surface area (Å²) in [7, 11) is 0. The summed E-state index contributed by atoms with van der Waals surface area (Å²) in [6.07, 6.45) is 4.28. The lowest BCUT2D eigenvalue weighted by Gasteiger charge is -2.12. The highest BCUT2D eigenvalue weighted by Crippen LogP contribution is 2.13. The van der Waals surface area contributed by atoms with Gasteiger partial charge in [0.1, 0.15) is 5.82 Å². The van der Waals surface area contributed by atoms with Gasteiger partial charge in [-0.1, -0.05) is 12.1 Å². The lowest BCUT2D eigenvalue weighted by Crippen LogP contribution is -2.28. The molecule has 1 aromatic heterocycles. The van der Waals surface area contributed by atoms with Gasteiger partial charge in [-0.25, -0.2) is 9.37 Å². The molecular formula is C18H16FN3O2. The van der Waals surface area contributed by atoms with Crippen LogP contribution in [0.25, 0.3) is 5.69 Å². The molecule has 0 bridgehead atoms. The van der Waals surface area contributed by atoms with Crippen LogP contribution < -0.4 is 5.32 Å². The van der Waals surface area contributed by atoms with Crippen molar-refractivity contribution in [1.29, 1.82) is 0 Å². The Bertz CT molecular complexity index is 799. The van der Waals surface area contributed by atoms with Crippen LogP contribution in [0.1, 0.15) is 22.0 Å². The zero-order chi connectivity index (χ0) is 16.9. The highest BCUT2D eigenvalue weighted by atomic mass is 19.1. The van der Waals surface area contributed by atoms with E-state index in [2.05, 4.69) is 10.3 Å². The van der Waals surface area contributed by atoms with E-state index in [1.54, 1.807) is 24.7 Å². The van der Waals surface area contributed by atoms with Crippen molar-refractivity contribution >= 4 is 5.91 Å². The van der Waals surface area contributed by atoms with Crippen molar-refractivity contribution in [1.82, 2.24) is 14.9 Å². The van der Waals surface area contributed by atoms with Gasteiger partial charge in [0.2, 0.25) is 0 Å². The number of nitrogens with zero attached hydrogens (tertiary/aromatic N) is 2. The van der Waals surface area contributed by atoms with Gasteiger partial charge in [0.05, 0.1) is 12.4 Å². The number of aliphatic hydroxyl groups excluding tert-OH is 1. The smallest absolute Gasteiger partial charge is 0.251 e. The second-order valence-electron chi connectivity index (χ2n) is 5.29. The first-order valence-electron chi connectivity index (χ1n) is 7.43. The molecule has 2 aromatic carbocycles. The second kappa shape index (κ2) is 7.06. The van der Waals surface area contributed by atoms with Crippen molar-refractivity contribution in [3.05, 3.63) is 84.2 Å². The number of rotatable bonds is 5. The van der Waals surface area contributed by atoms with Gasteiger partial charge in [-0.2, -0.15) is 0 Å². The molecule has 3 rings (SSSR count). The number of hydrogen-bond acceptors (Lipinski definition) is 3. The van der Waals surface area contributed by atoms with Crippen LogP contribution in [0.4, 0.5) is 4.39 Å². The molecule has 1 atom stereocenters. The van der Waals surface area contributed by atoms with Crippen LogP contribution in [0.5, 0.6) is 0 Å². The topological polar surface area (TPSA) is 67.2 Å². The predicted molar refractivity (Wildman–Crippen MR) is 87.3 cm³/mol. The van der Waals surface area contributed by atoms with E-state index >= 15 is 0 Å². The molecule has 122 valence electrons. The van der Waals surface area contributed by atoms with E-state index in [4.69, 9.17) is 0 Å². The molecule has 0 saturated carbocycles.